The standard InChI is InChI=1S/C47H46F2N4O5/c1-51(2)33-24-27-52(28-25-33)43(54)30-39-36-13-5-8-17-40(36)53(29-26-47(39,48)49)46(56)31-20-22-32(23-21-31)50-45(55)38-16-11-15-35(34-12-6-9-18-41(34)57-3)44(38)37-14-7-10-19-42(37)58-4/h5-23,30,33H,24-29H2,1-4H3,(H,50,55)/b39-30-. The number of hydrogen-bond acceptors (Lipinski definition) is 6. The molecule has 0 unspecified atom stereocenters. The zero-order valence-electron chi connectivity index (χ0n) is 33.0. The number of benzene rings is 5. The molecule has 5 aromatic rings. The summed E-state index contributed by atoms with van der Waals surface area (Å²) < 4.78 is 43.3. The van der Waals surface area contributed by atoms with E-state index in [1.165, 1.54) is 11.0 Å². The first-order valence-electron chi connectivity index (χ1n) is 19.3. The highest BCUT2D eigenvalue weighted by molar-refractivity contribution is 6.13. The highest BCUT2D eigenvalue weighted by Gasteiger charge is 2.42. The molecular weight excluding hydrogens is 739 g/mol. The first-order chi connectivity index (χ1) is 28.0. The Morgan fingerprint density at radius 3 is 1.97 bits per heavy atom. The summed E-state index contributed by atoms with van der Waals surface area (Å²) in [7, 11) is 7.17. The van der Waals surface area contributed by atoms with Gasteiger partial charge < -0.3 is 29.5 Å². The van der Waals surface area contributed by atoms with E-state index >= 15 is 8.78 Å². The summed E-state index contributed by atoms with van der Waals surface area (Å²) in [6, 6.07) is 33.7. The summed E-state index contributed by atoms with van der Waals surface area (Å²) in [6.07, 6.45) is 1.93. The van der Waals surface area contributed by atoms with Crippen molar-refractivity contribution in [3.63, 3.8) is 0 Å². The summed E-state index contributed by atoms with van der Waals surface area (Å²) >= 11 is 0. The van der Waals surface area contributed by atoms with Crippen LogP contribution in [0.2, 0.25) is 0 Å². The van der Waals surface area contributed by atoms with Crippen LogP contribution in [0.25, 0.3) is 27.8 Å². The van der Waals surface area contributed by atoms with Crippen molar-refractivity contribution in [2.45, 2.75) is 31.2 Å². The average Bonchev–Trinajstić information content (AvgIpc) is 3.36. The molecule has 0 radical (unpaired) electrons. The molecule has 0 spiro atoms. The number of nitrogens with zero attached hydrogens (tertiary/aromatic N) is 3. The van der Waals surface area contributed by atoms with Gasteiger partial charge in [-0.2, -0.15) is 0 Å². The third kappa shape index (κ3) is 8.08. The van der Waals surface area contributed by atoms with Gasteiger partial charge in [0.2, 0.25) is 5.91 Å². The Balaban J connectivity index is 1.15. The third-order valence-electron chi connectivity index (χ3n) is 11.0. The number of nitrogens with one attached hydrogen (secondary N) is 1. The highest BCUT2D eigenvalue weighted by Crippen LogP contribution is 2.45. The Hall–Kier alpha value is -6.33. The lowest BCUT2D eigenvalue weighted by Crippen LogP contribution is -2.44. The number of carbonyl (C=O) groups excluding carboxylic acids is 3. The summed E-state index contributed by atoms with van der Waals surface area (Å²) in [5.41, 5.74) is 4.03. The lowest BCUT2D eigenvalue weighted by atomic mass is 9.89. The number of alkyl halides is 2. The van der Waals surface area contributed by atoms with Gasteiger partial charge in [-0.15, -0.1) is 0 Å². The van der Waals surface area contributed by atoms with Gasteiger partial charge in [-0.3, -0.25) is 14.4 Å². The van der Waals surface area contributed by atoms with E-state index in [-0.39, 0.29) is 17.7 Å². The van der Waals surface area contributed by atoms with Crippen LogP contribution in [0.3, 0.4) is 0 Å². The molecule has 298 valence electrons. The van der Waals surface area contributed by atoms with Crippen LogP contribution >= 0.6 is 0 Å². The van der Waals surface area contributed by atoms with E-state index < -0.39 is 35.6 Å². The molecule has 1 fully saturated rings. The second kappa shape index (κ2) is 17.0. The number of carbonyl (C=O) groups is 3. The van der Waals surface area contributed by atoms with Crippen LogP contribution in [0.15, 0.2) is 121 Å². The lowest BCUT2D eigenvalue weighted by molar-refractivity contribution is -0.127. The van der Waals surface area contributed by atoms with Crippen molar-refractivity contribution < 1.29 is 32.6 Å². The van der Waals surface area contributed by atoms with Gasteiger partial charge in [-0.25, -0.2) is 8.78 Å². The van der Waals surface area contributed by atoms with Crippen molar-refractivity contribution in [3.05, 3.63) is 138 Å². The zero-order valence-corrected chi connectivity index (χ0v) is 33.0. The minimum absolute atomic E-state index is 0.139. The molecule has 3 amide bonds. The van der Waals surface area contributed by atoms with E-state index in [9.17, 15) is 14.4 Å². The minimum Gasteiger partial charge on any atom is -0.496 e. The number of para-hydroxylation sites is 3. The zero-order chi connectivity index (χ0) is 41.0. The SMILES string of the molecule is COc1ccccc1-c1cccc(C(=O)Nc2ccc(C(=O)N3CCC(F)(F)/C(=C\C(=O)N4CCC(N(C)C)CC4)c4ccccc43)cc2)c1-c1ccccc1OC. The molecule has 1 saturated heterocycles. The van der Waals surface area contributed by atoms with Crippen LogP contribution in [0.4, 0.5) is 20.2 Å². The Bertz CT molecular complexity index is 2350. The number of ether oxygens (including phenoxy) is 2. The van der Waals surface area contributed by atoms with Crippen LogP contribution in [0.5, 0.6) is 11.5 Å². The van der Waals surface area contributed by atoms with Crippen LogP contribution in [0, 0.1) is 0 Å². The molecule has 5 aromatic carbocycles. The van der Waals surface area contributed by atoms with Gasteiger partial charge in [0.05, 0.1) is 19.9 Å². The van der Waals surface area contributed by atoms with Crippen LogP contribution in [0.1, 0.15) is 45.5 Å². The van der Waals surface area contributed by atoms with Gasteiger partial charge >= 0.3 is 0 Å². The molecule has 2 aliphatic heterocycles. The first kappa shape index (κ1) is 39.9. The molecule has 2 heterocycles. The topological polar surface area (TPSA) is 91.4 Å². The van der Waals surface area contributed by atoms with Gasteiger partial charge in [-0.05, 0) is 81.0 Å². The molecule has 0 saturated carbocycles. The monoisotopic (exact) mass is 784 g/mol. The largest absolute Gasteiger partial charge is 0.496 e. The number of halogens is 2. The highest BCUT2D eigenvalue weighted by atomic mass is 19.3. The second-order valence-corrected chi connectivity index (χ2v) is 14.7. The number of methoxy groups -OCH3 is 2. The molecule has 0 atom stereocenters. The number of fused-ring (bicyclic) bond motifs is 1. The van der Waals surface area contributed by atoms with Gasteiger partial charge in [0.25, 0.3) is 17.7 Å². The van der Waals surface area contributed by atoms with E-state index in [0.717, 1.165) is 30.0 Å². The number of amides is 3. The molecule has 1 N–H and O–H groups in total. The van der Waals surface area contributed by atoms with Gasteiger partial charge in [0.1, 0.15) is 11.5 Å². The molecule has 7 rings (SSSR count). The number of anilines is 2. The summed E-state index contributed by atoms with van der Waals surface area (Å²) in [5.74, 6) is -3.46. The summed E-state index contributed by atoms with van der Waals surface area (Å²) in [5, 5.41) is 2.97. The Morgan fingerprint density at radius 2 is 1.31 bits per heavy atom. The van der Waals surface area contributed by atoms with E-state index in [1.54, 1.807) is 67.7 Å². The van der Waals surface area contributed by atoms with Gasteiger partial charge in [0, 0.05) is 82.8 Å². The summed E-state index contributed by atoms with van der Waals surface area (Å²) in [4.78, 5) is 46.7. The maximum atomic E-state index is 16.0. The van der Waals surface area contributed by atoms with Crippen molar-refractivity contribution in [2.24, 2.45) is 0 Å². The van der Waals surface area contributed by atoms with E-state index in [0.29, 0.717) is 58.7 Å². The fourth-order valence-electron chi connectivity index (χ4n) is 7.88. The molecular formula is C47H46F2N4O5. The number of allylic oxidation sites excluding steroid dienone is 1. The predicted octanol–water partition coefficient (Wildman–Crippen LogP) is 8.91. The van der Waals surface area contributed by atoms with E-state index in [4.69, 9.17) is 9.47 Å². The minimum atomic E-state index is -3.36. The van der Waals surface area contributed by atoms with Crippen LogP contribution in [-0.2, 0) is 4.79 Å². The number of rotatable bonds is 9. The molecule has 11 heteroatoms. The molecule has 0 aromatic heterocycles. The van der Waals surface area contributed by atoms with Crippen LogP contribution in [-0.4, -0.2) is 87.4 Å². The molecule has 0 bridgehead atoms. The maximum Gasteiger partial charge on any atom is 0.275 e. The Kier molecular flexibility index (Phi) is 11.7. The molecule has 9 nitrogen and oxygen atoms in total. The lowest BCUT2D eigenvalue weighted by Gasteiger charge is -2.35. The number of hydrogen-bond donors (Lipinski definition) is 1. The third-order valence-corrected chi connectivity index (χ3v) is 11.0. The van der Waals surface area contributed by atoms with Crippen molar-refractivity contribution >= 4 is 34.7 Å². The summed E-state index contributed by atoms with van der Waals surface area (Å²) in [6.45, 7) is 0.700. The Labute approximate surface area is 337 Å². The predicted molar refractivity (Wildman–Crippen MR) is 224 cm³/mol. The molecule has 58 heavy (non-hydrogen) atoms. The maximum absolute atomic E-state index is 16.0. The molecule has 0 aliphatic carbocycles. The van der Waals surface area contributed by atoms with Gasteiger partial charge in [0.15, 0.2) is 0 Å². The fraction of sp³-hybridized carbons (Fsp3) is 0.255. The van der Waals surface area contributed by atoms with Gasteiger partial charge in [-0.1, -0.05) is 66.7 Å². The Morgan fingerprint density at radius 1 is 0.724 bits per heavy atom. The smallest absolute Gasteiger partial charge is 0.275 e. The first-order valence-corrected chi connectivity index (χ1v) is 19.3. The number of likely N-dealkylation sites (tertiary alicyclic amines) is 1. The van der Waals surface area contributed by atoms with E-state index in [2.05, 4.69) is 10.2 Å². The van der Waals surface area contributed by atoms with E-state index in [1.807, 2.05) is 74.8 Å². The molecule has 2 aliphatic rings. The van der Waals surface area contributed by atoms with Crippen LogP contribution < -0.4 is 19.7 Å². The average molecular weight is 785 g/mol. The van der Waals surface area contributed by atoms with Crippen molar-refractivity contribution in [1.29, 1.82) is 0 Å². The van der Waals surface area contributed by atoms with Crippen molar-refractivity contribution in [3.8, 4) is 33.8 Å². The second-order valence-electron chi connectivity index (χ2n) is 14.7. The normalized spacial score (nSPS) is 16.1. The number of piperidine rings is 1. The quantitative estimate of drug-likeness (QED) is 0.150. The van der Waals surface area contributed by atoms with Crippen molar-refractivity contribution in [2.75, 3.05) is 58.2 Å². The fourth-order valence-corrected chi connectivity index (χ4v) is 7.88. The van der Waals surface area contributed by atoms with Crippen molar-refractivity contribution in [1.82, 2.24) is 9.80 Å².